The van der Waals surface area contributed by atoms with Crippen molar-refractivity contribution in [1.29, 1.82) is 0 Å². The van der Waals surface area contributed by atoms with E-state index in [1.165, 1.54) is 4.90 Å². The molecule has 2 aromatic carbocycles. The number of carbonyl (C=O) groups is 2. The summed E-state index contributed by atoms with van der Waals surface area (Å²) in [6.45, 7) is 1.91. The first-order chi connectivity index (χ1) is 11.2. The fourth-order valence-electron chi connectivity index (χ4n) is 2.49. The molecule has 5 nitrogen and oxygen atoms in total. The van der Waals surface area contributed by atoms with Gasteiger partial charge < -0.3 is 4.74 Å². The van der Waals surface area contributed by atoms with Crippen LogP contribution >= 0.6 is 0 Å². The minimum absolute atomic E-state index is 0.114. The lowest BCUT2D eigenvalue weighted by atomic mass is 10.1. The average Bonchev–Trinajstić information content (AvgIpc) is 2.82. The normalized spacial score (nSPS) is 14.9. The molecule has 23 heavy (non-hydrogen) atoms. The first-order valence-corrected chi connectivity index (χ1v) is 7.41. The molecule has 0 atom stereocenters. The standard InChI is InChI=1S/C18H16N2O3/c1-2-23-16(21)12-20-15-11-7-6-10-14(15)17(18(20)22)19-13-8-4-3-5-9-13/h3-11H,2,12H2,1H3. The van der Waals surface area contributed by atoms with Crippen LogP contribution in [-0.4, -0.2) is 30.7 Å². The highest BCUT2D eigenvalue weighted by Gasteiger charge is 2.35. The molecule has 0 bridgehead atoms. The van der Waals surface area contributed by atoms with Gasteiger partial charge >= 0.3 is 5.97 Å². The molecular formula is C18H16N2O3. The molecular weight excluding hydrogens is 292 g/mol. The molecule has 0 fully saturated rings. The van der Waals surface area contributed by atoms with Crippen molar-refractivity contribution in [3.05, 3.63) is 60.2 Å². The molecule has 116 valence electrons. The van der Waals surface area contributed by atoms with Crippen molar-refractivity contribution in [2.75, 3.05) is 18.1 Å². The van der Waals surface area contributed by atoms with Crippen LogP contribution in [0.15, 0.2) is 59.6 Å². The number of aliphatic imine (C=N–C) groups is 1. The van der Waals surface area contributed by atoms with Crippen molar-refractivity contribution in [3.63, 3.8) is 0 Å². The van der Waals surface area contributed by atoms with E-state index in [2.05, 4.69) is 4.99 Å². The smallest absolute Gasteiger partial charge is 0.326 e. The number of para-hydroxylation sites is 2. The van der Waals surface area contributed by atoms with E-state index in [1.54, 1.807) is 13.0 Å². The van der Waals surface area contributed by atoms with Crippen LogP contribution in [0.4, 0.5) is 11.4 Å². The van der Waals surface area contributed by atoms with Gasteiger partial charge in [-0.15, -0.1) is 0 Å². The van der Waals surface area contributed by atoms with E-state index in [1.807, 2.05) is 48.5 Å². The van der Waals surface area contributed by atoms with Gasteiger partial charge in [0.25, 0.3) is 5.91 Å². The first-order valence-electron chi connectivity index (χ1n) is 7.41. The van der Waals surface area contributed by atoms with Crippen LogP contribution in [0.25, 0.3) is 0 Å². The third kappa shape index (κ3) is 2.99. The zero-order chi connectivity index (χ0) is 16.2. The maximum absolute atomic E-state index is 12.7. The second kappa shape index (κ2) is 6.44. The SMILES string of the molecule is CCOC(=O)CN1C(=O)C(=Nc2ccccc2)c2ccccc21. The molecule has 0 aliphatic carbocycles. The summed E-state index contributed by atoms with van der Waals surface area (Å²) < 4.78 is 4.95. The van der Waals surface area contributed by atoms with E-state index in [0.717, 1.165) is 5.56 Å². The largest absolute Gasteiger partial charge is 0.465 e. The number of rotatable bonds is 4. The summed E-state index contributed by atoms with van der Waals surface area (Å²) in [6, 6.07) is 16.6. The summed E-state index contributed by atoms with van der Waals surface area (Å²) in [6.07, 6.45) is 0. The Morgan fingerprint density at radius 3 is 2.52 bits per heavy atom. The van der Waals surface area contributed by atoms with Gasteiger partial charge in [0, 0.05) is 5.56 Å². The number of hydrogen-bond acceptors (Lipinski definition) is 4. The molecule has 1 aliphatic heterocycles. The van der Waals surface area contributed by atoms with Gasteiger partial charge in [-0.2, -0.15) is 0 Å². The molecule has 1 heterocycles. The molecule has 0 saturated carbocycles. The lowest BCUT2D eigenvalue weighted by Crippen LogP contribution is -2.35. The Morgan fingerprint density at radius 2 is 1.78 bits per heavy atom. The summed E-state index contributed by atoms with van der Waals surface area (Å²) in [7, 11) is 0. The minimum atomic E-state index is -0.434. The van der Waals surface area contributed by atoms with Gasteiger partial charge in [0.05, 0.1) is 18.0 Å². The molecule has 0 N–H and O–H groups in total. The number of benzene rings is 2. The van der Waals surface area contributed by atoms with E-state index in [4.69, 9.17) is 4.74 Å². The van der Waals surface area contributed by atoms with E-state index in [9.17, 15) is 9.59 Å². The number of amides is 1. The van der Waals surface area contributed by atoms with Gasteiger partial charge in [-0.05, 0) is 25.1 Å². The van der Waals surface area contributed by atoms with Crippen LogP contribution in [0.5, 0.6) is 0 Å². The molecule has 0 radical (unpaired) electrons. The van der Waals surface area contributed by atoms with Crippen molar-refractivity contribution in [2.24, 2.45) is 4.99 Å². The van der Waals surface area contributed by atoms with E-state index in [0.29, 0.717) is 17.1 Å². The molecule has 1 amide bonds. The molecule has 0 saturated heterocycles. The van der Waals surface area contributed by atoms with Gasteiger partial charge in [-0.3, -0.25) is 14.5 Å². The molecule has 5 heteroatoms. The Kier molecular flexibility index (Phi) is 4.19. The second-order valence-corrected chi connectivity index (χ2v) is 5.01. The fraction of sp³-hybridized carbons (Fsp3) is 0.167. The maximum atomic E-state index is 12.7. The highest BCUT2D eigenvalue weighted by molar-refractivity contribution is 6.55. The van der Waals surface area contributed by atoms with Crippen molar-refractivity contribution >= 4 is 29.0 Å². The first kappa shape index (κ1) is 15.0. The molecule has 0 spiro atoms. The number of anilines is 1. The van der Waals surface area contributed by atoms with Crippen molar-refractivity contribution in [2.45, 2.75) is 6.92 Å². The molecule has 1 aliphatic rings. The number of carbonyl (C=O) groups excluding carboxylic acids is 2. The third-order valence-corrected chi connectivity index (χ3v) is 3.49. The summed E-state index contributed by atoms with van der Waals surface area (Å²) >= 11 is 0. The number of esters is 1. The number of ether oxygens (including phenoxy) is 1. The molecule has 0 aromatic heterocycles. The second-order valence-electron chi connectivity index (χ2n) is 5.01. The molecule has 0 unspecified atom stereocenters. The van der Waals surface area contributed by atoms with E-state index < -0.39 is 5.97 Å². The van der Waals surface area contributed by atoms with Gasteiger partial charge in [-0.25, -0.2) is 4.99 Å². The van der Waals surface area contributed by atoms with Crippen LogP contribution in [0.2, 0.25) is 0 Å². The minimum Gasteiger partial charge on any atom is -0.465 e. The van der Waals surface area contributed by atoms with Gasteiger partial charge in [0.15, 0.2) is 0 Å². The number of nitrogens with zero attached hydrogens (tertiary/aromatic N) is 2. The Morgan fingerprint density at radius 1 is 1.09 bits per heavy atom. The quantitative estimate of drug-likeness (QED) is 0.816. The van der Waals surface area contributed by atoms with Gasteiger partial charge in [0.1, 0.15) is 12.3 Å². The lowest BCUT2D eigenvalue weighted by molar-refractivity contribution is -0.142. The average molecular weight is 308 g/mol. The Bertz CT molecular complexity index is 769. The summed E-state index contributed by atoms with van der Waals surface area (Å²) in [5.74, 6) is -0.722. The Hall–Kier alpha value is -2.95. The highest BCUT2D eigenvalue weighted by atomic mass is 16.5. The van der Waals surface area contributed by atoms with E-state index in [-0.39, 0.29) is 19.1 Å². The van der Waals surface area contributed by atoms with Crippen LogP contribution in [0, 0.1) is 0 Å². The molecule has 3 rings (SSSR count). The summed E-state index contributed by atoms with van der Waals surface area (Å²) in [5, 5.41) is 0. The van der Waals surface area contributed by atoms with Crippen molar-refractivity contribution in [1.82, 2.24) is 0 Å². The van der Waals surface area contributed by atoms with Crippen LogP contribution in [-0.2, 0) is 14.3 Å². The monoisotopic (exact) mass is 308 g/mol. The van der Waals surface area contributed by atoms with Crippen LogP contribution < -0.4 is 4.90 Å². The van der Waals surface area contributed by atoms with Crippen molar-refractivity contribution in [3.8, 4) is 0 Å². The third-order valence-electron chi connectivity index (χ3n) is 3.49. The fourth-order valence-corrected chi connectivity index (χ4v) is 2.49. The van der Waals surface area contributed by atoms with Gasteiger partial charge in [0.2, 0.25) is 0 Å². The maximum Gasteiger partial charge on any atom is 0.326 e. The number of hydrogen-bond donors (Lipinski definition) is 0. The van der Waals surface area contributed by atoms with E-state index >= 15 is 0 Å². The lowest BCUT2D eigenvalue weighted by Gasteiger charge is -2.15. The highest BCUT2D eigenvalue weighted by Crippen LogP contribution is 2.30. The Labute approximate surface area is 134 Å². The summed E-state index contributed by atoms with van der Waals surface area (Å²) in [4.78, 5) is 30.3. The van der Waals surface area contributed by atoms with Crippen molar-refractivity contribution < 1.29 is 14.3 Å². The van der Waals surface area contributed by atoms with Gasteiger partial charge in [-0.1, -0.05) is 36.4 Å². The Balaban J connectivity index is 1.99. The topological polar surface area (TPSA) is 59.0 Å². The zero-order valence-electron chi connectivity index (χ0n) is 12.7. The zero-order valence-corrected chi connectivity index (χ0v) is 12.7. The predicted octanol–water partition coefficient (Wildman–Crippen LogP) is 2.72. The van der Waals surface area contributed by atoms with Crippen LogP contribution in [0.3, 0.4) is 0 Å². The molecule has 2 aromatic rings. The predicted molar refractivity (Wildman–Crippen MR) is 88.1 cm³/mol. The summed E-state index contributed by atoms with van der Waals surface area (Å²) in [5.41, 5.74) is 2.45. The van der Waals surface area contributed by atoms with Crippen LogP contribution in [0.1, 0.15) is 12.5 Å². The number of fused-ring (bicyclic) bond motifs is 1.